The van der Waals surface area contributed by atoms with Crippen LogP contribution in [0.4, 0.5) is 19.3 Å². The molecule has 1 saturated heterocycles. The largest absolute Gasteiger partial charge is 0.325 e. The lowest BCUT2D eigenvalue weighted by Crippen LogP contribution is -2.42. The molecule has 1 fully saturated rings. The topological polar surface area (TPSA) is 96.3 Å². The number of hydrogen-bond donors (Lipinski definition) is 2. The van der Waals surface area contributed by atoms with Crippen LogP contribution in [0.15, 0.2) is 41.6 Å². The van der Waals surface area contributed by atoms with E-state index in [1.165, 1.54) is 35.1 Å². The van der Waals surface area contributed by atoms with E-state index < -0.39 is 35.7 Å². The summed E-state index contributed by atoms with van der Waals surface area (Å²) in [6.45, 7) is 1.07. The van der Waals surface area contributed by atoms with E-state index in [0.717, 1.165) is 4.90 Å². The molecular weight excluding hydrogens is 392 g/mol. The number of imide groups is 1. The van der Waals surface area contributed by atoms with Gasteiger partial charge in [0.1, 0.15) is 12.1 Å². The van der Waals surface area contributed by atoms with Gasteiger partial charge in [-0.05, 0) is 31.2 Å². The Morgan fingerprint density at radius 1 is 1.32 bits per heavy atom. The molecule has 1 aliphatic heterocycles. The van der Waals surface area contributed by atoms with E-state index in [4.69, 9.17) is 0 Å². The molecule has 148 valence electrons. The Hall–Kier alpha value is -2.95. The molecule has 2 N–H and O–H groups in total. The molecular formula is C17H17F2N5O3S. The van der Waals surface area contributed by atoms with E-state index in [9.17, 15) is 23.2 Å². The van der Waals surface area contributed by atoms with Crippen LogP contribution in [-0.2, 0) is 22.2 Å². The lowest BCUT2D eigenvalue weighted by molar-refractivity contribution is -0.133. The number of nitrogens with zero attached hydrogens (tertiary/aromatic N) is 3. The molecule has 0 radical (unpaired) electrons. The van der Waals surface area contributed by atoms with Gasteiger partial charge in [0.15, 0.2) is 0 Å². The van der Waals surface area contributed by atoms with Crippen LogP contribution >= 0.6 is 11.8 Å². The van der Waals surface area contributed by atoms with Gasteiger partial charge in [-0.1, -0.05) is 11.8 Å². The lowest BCUT2D eigenvalue weighted by atomic mass is 9.95. The van der Waals surface area contributed by atoms with Crippen molar-refractivity contribution in [2.45, 2.75) is 23.1 Å². The highest BCUT2D eigenvalue weighted by Gasteiger charge is 2.50. The molecule has 4 amide bonds. The van der Waals surface area contributed by atoms with E-state index in [1.54, 1.807) is 20.2 Å². The molecule has 1 aliphatic rings. The molecule has 0 unspecified atom stereocenters. The molecule has 28 heavy (non-hydrogen) atoms. The summed E-state index contributed by atoms with van der Waals surface area (Å²) in [4.78, 5) is 38.4. The number of thioether (sulfide) groups is 1. The Morgan fingerprint density at radius 2 is 2.00 bits per heavy atom. The first-order chi connectivity index (χ1) is 13.2. The molecule has 0 aliphatic carbocycles. The van der Waals surface area contributed by atoms with Gasteiger partial charge < -0.3 is 10.6 Å². The van der Waals surface area contributed by atoms with Gasteiger partial charge in [-0.3, -0.25) is 19.2 Å². The Morgan fingerprint density at radius 3 is 2.57 bits per heavy atom. The van der Waals surface area contributed by atoms with E-state index in [0.29, 0.717) is 27.9 Å². The van der Waals surface area contributed by atoms with Crippen molar-refractivity contribution in [3.05, 3.63) is 42.2 Å². The number of hydrogen-bond acceptors (Lipinski definition) is 5. The minimum Gasteiger partial charge on any atom is -0.325 e. The molecule has 1 atom stereocenters. The first-order valence-corrected chi connectivity index (χ1v) is 9.05. The highest BCUT2D eigenvalue weighted by molar-refractivity contribution is 7.99. The second-order valence-corrected chi connectivity index (χ2v) is 7.36. The normalized spacial score (nSPS) is 19.2. The molecule has 2 heterocycles. The number of alkyl halides is 2. The number of aromatic nitrogens is 2. The van der Waals surface area contributed by atoms with Crippen molar-refractivity contribution >= 4 is 35.3 Å². The number of aryl methyl sites for hydroxylation is 1. The van der Waals surface area contributed by atoms with Crippen LogP contribution in [0, 0.1) is 0 Å². The summed E-state index contributed by atoms with van der Waals surface area (Å²) in [6.07, 6.45) is 3.08. The van der Waals surface area contributed by atoms with Crippen LogP contribution in [0.2, 0.25) is 0 Å². The molecule has 1 aromatic carbocycles. The van der Waals surface area contributed by atoms with Gasteiger partial charge in [0, 0.05) is 29.4 Å². The maximum Gasteiger partial charge on any atom is 0.325 e. The molecule has 8 nitrogen and oxygen atoms in total. The smallest absolute Gasteiger partial charge is 0.325 e. The second-order valence-electron chi connectivity index (χ2n) is 6.30. The number of carbonyl (C=O) groups excluding carboxylic acids is 3. The summed E-state index contributed by atoms with van der Waals surface area (Å²) in [5, 5.41) is 9.12. The second kappa shape index (κ2) is 7.58. The number of rotatable bonds is 6. The molecule has 2 aromatic rings. The third kappa shape index (κ3) is 3.98. The molecule has 0 saturated carbocycles. The highest BCUT2D eigenvalue weighted by Crippen LogP contribution is 2.29. The predicted octanol–water partition coefficient (Wildman–Crippen LogP) is 2.14. The number of benzene rings is 1. The van der Waals surface area contributed by atoms with Gasteiger partial charge in [-0.2, -0.15) is 13.9 Å². The summed E-state index contributed by atoms with van der Waals surface area (Å²) in [5.41, 5.74) is -0.436. The number of amides is 4. The maximum absolute atomic E-state index is 12.7. The van der Waals surface area contributed by atoms with Gasteiger partial charge in [-0.25, -0.2) is 4.79 Å². The van der Waals surface area contributed by atoms with Gasteiger partial charge in [0.25, 0.3) is 11.7 Å². The first kappa shape index (κ1) is 19.8. The van der Waals surface area contributed by atoms with Gasteiger partial charge in [-0.15, -0.1) is 0 Å². The van der Waals surface area contributed by atoms with Crippen molar-refractivity contribution in [3.63, 3.8) is 0 Å². The molecule has 0 spiro atoms. The average molecular weight is 409 g/mol. The van der Waals surface area contributed by atoms with E-state index in [2.05, 4.69) is 15.7 Å². The van der Waals surface area contributed by atoms with Crippen LogP contribution in [0.25, 0.3) is 0 Å². The fourth-order valence-corrected chi connectivity index (χ4v) is 3.28. The first-order valence-electron chi connectivity index (χ1n) is 8.17. The summed E-state index contributed by atoms with van der Waals surface area (Å²) in [6, 6.07) is 5.14. The lowest BCUT2D eigenvalue weighted by Gasteiger charge is -2.19. The van der Waals surface area contributed by atoms with Crippen LogP contribution in [0.3, 0.4) is 0 Å². The number of nitrogens with one attached hydrogen (secondary N) is 2. The number of halogens is 2. The monoisotopic (exact) mass is 409 g/mol. The van der Waals surface area contributed by atoms with Crippen LogP contribution in [0.5, 0.6) is 0 Å². The van der Waals surface area contributed by atoms with Crippen molar-refractivity contribution in [1.29, 1.82) is 0 Å². The zero-order valence-electron chi connectivity index (χ0n) is 15.0. The zero-order valence-corrected chi connectivity index (χ0v) is 15.8. The molecule has 3 rings (SSSR count). The van der Waals surface area contributed by atoms with Crippen molar-refractivity contribution in [2.24, 2.45) is 7.05 Å². The van der Waals surface area contributed by atoms with Crippen LogP contribution < -0.4 is 10.6 Å². The highest BCUT2D eigenvalue weighted by atomic mass is 32.2. The summed E-state index contributed by atoms with van der Waals surface area (Å²) in [5.74, 6) is -3.69. The molecule has 0 bridgehead atoms. The van der Waals surface area contributed by atoms with Gasteiger partial charge in [0.2, 0.25) is 5.91 Å². The molecule has 11 heteroatoms. The predicted molar refractivity (Wildman–Crippen MR) is 97.7 cm³/mol. The van der Waals surface area contributed by atoms with E-state index in [-0.39, 0.29) is 0 Å². The van der Waals surface area contributed by atoms with Crippen molar-refractivity contribution in [2.75, 3.05) is 11.9 Å². The minimum atomic E-state index is -2.53. The fourth-order valence-electron chi connectivity index (χ4n) is 2.78. The van der Waals surface area contributed by atoms with Crippen molar-refractivity contribution in [3.8, 4) is 0 Å². The SMILES string of the molecule is Cn1cc([C@@]2(C)NC(=O)N(CC(=O)Nc3ccc(SC(F)F)cc3)C2=O)cn1. The fraction of sp³-hybridized carbons (Fsp3) is 0.294. The number of anilines is 1. The Labute approximate surface area is 163 Å². The summed E-state index contributed by atoms with van der Waals surface area (Å²) < 4.78 is 26.2. The van der Waals surface area contributed by atoms with E-state index in [1.807, 2.05) is 0 Å². The van der Waals surface area contributed by atoms with Crippen LogP contribution in [-0.4, -0.2) is 44.8 Å². The third-order valence-corrected chi connectivity index (χ3v) is 4.94. The van der Waals surface area contributed by atoms with E-state index >= 15 is 0 Å². The minimum absolute atomic E-state index is 0.356. The Bertz CT molecular complexity index is 918. The summed E-state index contributed by atoms with van der Waals surface area (Å²) >= 11 is 0.393. The third-order valence-electron chi connectivity index (χ3n) is 4.22. The van der Waals surface area contributed by atoms with Crippen LogP contribution in [0.1, 0.15) is 12.5 Å². The Kier molecular flexibility index (Phi) is 5.36. The Balaban J connectivity index is 1.65. The number of carbonyl (C=O) groups is 3. The van der Waals surface area contributed by atoms with Crippen molar-refractivity contribution < 1.29 is 23.2 Å². The molecule has 1 aromatic heterocycles. The number of urea groups is 1. The standard InChI is InChI=1S/C17H17F2N5O3S/c1-17(10-7-20-23(2)8-10)14(26)24(16(27)22-17)9-13(25)21-11-3-5-12(6-4-11)28-15(18)19/h3-8,15H,9H2,1-2H3,(H,21,25)(H,22,27)/t17-/m1/s1. The zero-order chi connectivity index (χ0) is 20.5. The quantitative estimate of drug-likeness (QED) is 0.563. The van der Waals surface area contributed by atoms with Gasteiger partial charge in [0.05, 0.1) is 6.20 Å². The van der Waals surface area contributed by atoms with Gasteiger partial charge >= 0.3 is 6.03 Å². The van der Waals surface area contributed by atoms with Crippen molar-refractivity contribution in [1.82, 2.24) is 20.0 Å². The average Bonchev–Trinajstić information content (AvgIpc) is 3.14. The summed E-state index contributed by atoms with van der Waals surface area (Å²) in [7, 11) is 1.68. The maximum atomic E-state index is 12.7.